The van der Waals surface area contributed by atoms with E-state index in [1.54, 1.807) is 30.3 Å². The minimum atomic E-state index is -0.285. The van der Waals surface area contributed by atoms with Crippen molar-refractivity contribution in [3.05, 3.63) is 62.6 Å². The number of nitrogens with one attached hydrogen (secondary N) is 1. The molecule has 2 aromatic carbocycles. The Hall–Kier alpha value is -2.28. The van der Waals surface area contributed by atoms with Gasteiger partial charge in [0.1, 0.15) is 5.75 Å². The fraction of sp³-hybridized carbons (Fsp3) is 0.423. The third kappa shape index (κ3) is 7.86. The zero-order chi connectivity index (χ0) is 25.4. The van der Waals surface area contributed by atoms with E-state index in [1.807, 2.05) is 6.92 Å². The molecular weight excluding hydrogens is 513 g/mol. The molecule has 188 valence electrons. The molecule has 6 nitrogen and oxygen atoms in total. The number of carbonyl (C=O) groups excluding carboxylic acids is 3. The fourth-order valence-electron chi connectivity index (χ4n) is 3.99. The third-order valence-corrected chi connectivity index (χ3v) is 6.94. The van der Waals surface area contributed by atoms with Crippen LogP contribution in [0.5, 0.6) is 5.75 Å². The maximum Gasteiger partial charge on any atom is 0.308 e. The summed E-state index contributed by atoms with van der Waals surface area (Å²) in [6.45, 7) is 2.53. The van der Waals surface area contributed by atoms with Gasteiger partial charge in [0.25, 0.3) is 5.91 Å². The molecule has 9 heteroatoms. The van der Waals surface area contributed by atoms with E-state index in [9.17, 15) is 14.4 Å². The van der Waals surface area contributed by atoms with Crippen LogP contribution in [0.2, 0.25) is 15.1 Å². The number of amides is 1. The highest BCUT2D eigenvalue weighted by molar-refractivity contribution is 6.42. The van der Waals surface area contributed by atoms with Gasteiger partial charge in [0.05, 0.1) is 33.7 Å². The summed E-state index contributed by atoms with van der Waals surface area (Å²) in [5, 5.41) is 3.77. The summed E-state index contributed by atoms with van der Waals surface area (Å²) < 4.78 is 11.1. The monoisotopic (exact) mass is 539 g/mol. The first-order valence-electron chi connectivity index (χ1n) is 11.7. The molecule has 2 aromatic rings. The van der Waals surface area contributed by atoms with Crippen LogP contribution in [0.4, 0.5) is 0 Å². The van der Waals surface area contributed by atoms with Gasteiger partial charge in [-0.15, -0.1) is 0 Å². The van der Waals surface area contributed by atoms with Crippen LogP contribution in [-0.4, -0.2) is 36.9 Å². The largest absolute Gasteiger partial charge is 0.490 e. The summed E-state index contributed by atoms with van der Waals surface area (Å²) in [7, 11) is 0. The molecule has 0 aliphatic heterocycles. The molecule has 1 aliphatic carbocycles. The molecule has 1 saturated carbocycles. The van der Waals surface area contributed by atoms with Crippen molar-refractivity contribution in [3.63, 3.8) is 0 Å². The molecule has 0 unspecified atom stereocenters. The highest BCUT2D eigenvalue weighted by Crippen LogP contribution is 2.31. The van der Waals surface area contributed by atoms with Gasteiger partial charge in [-0.25, -0.2) is 0 Å². The SMILES string of the molecule is CCOC(=O)C1CCC(Oc2ccc(C(=O)CCCNC(=O)c3ccc(Cl)c(Cl)c3)c(Cl)c2)CC1. The van der Waals surface area contributed by atoms with Crippen LogP contribution in [0.3, 0.4) is 0 Å². The Morgan fingerprint density at radius 1 is 0.943 bits per heavy atom. The first-order chi connectivity index (χ1) is 16.8. The van der Waals surface area contributed by atoms with Gasteiger partial charge in [-0.1, -0.05) is 34.8 Å². The summed E-state index contributed by atoms with van der Waals surface area (Å²) in [4.78, 5) is 36.7. The third-order valence-electron chi connectivity index (χ3n) is 5.89. The van der Waals surface area contributed by atoms with Crippen molar-refractivity contribution >= 4 is 52.5 Å². The molecule has 0 aromatic heterocycles. The van der Waals surface area contributed by atoms with Crippen LogP contribution in [0.25, 0.3) is 0 Å². The molecule has 1 N–H and O–H groups in total. The normalized spacial score (nSPS) is 17.5. The van der Waals surface area contributed by atoms with Gasteiger partial charge < -0.3 is 14.8 Å². The van der Waals surface area contributed by atoms with Gasteiger partial charge in [0.15, 0.2) is 5.78 Å². The minimum absolute atomic E-state index is 0.00238. The molecule has 1 aliphatic rings. The van der Waals surface area contributed by atoms with Crippen molar-refractivity contribution in [2.75, 3.05) is 13.2 Å². The smallest absolute Gasteiger partial charge is 0.308 e. The van der Waals surface area contributed by atoms with Gasteiger partial charge in [-0.3, -0.25) is 14.4 Å². The van der Waals surface area contributed by atoms with E-state index < -0.39 is 0 Å². The maximum atomic E-state index is 12.6. The lowest BCUT2D eigenvalue weighted by Crippen LogP contribution is -2.29. The number of hydrogen-bond acceptors (Lipinski definition) is 5. The number of halogens is 3. The number of esters is 1. The topological polar surface area (TPSA) is 81.7 Å². The first kappa shape index (κ1) is 27.3. The second-order valence-electron chi connectivity index (χ2n) is 8.40. The first-order valence-corrected chi connectivity index (χ1v) is 12.8. The zero-order valence-corrected chi connectivity index (χ0v) is 21.7. The lowest BCUT2D eigenvalue weighted by molar-refractivity contribution is -0.149. The van der Waals surface area contributed by atoms with Crippen molar-refractivity contribution in [2.45, 2.75) is 51.6 Å². The Labute approximate surface area is 220 Å². The summed E-state index contributed by atoms with van der Waals surface area (Å²) in [5.41, 5.74) is 0.819. The predicted octanol–water partition coefficient (Wildman–Crippen LogP) is 6.54. The Bertz CT molecular complexity index is 1070. The predicted molar refractivity (Wildman–Crippen MR) is 137 cm³/mol. The lowest BCUT2D eigenvalue weighted by Gasteiger charge is -2.27. The van der Waals surface area contributed by atoms with E-state index in [0.717, 1.165) is 25.7 Å². The maximum absolute atomic E-state index is 12.6. The summed E-state index contributed by atoms with van der Waals surface area (Å²) in [6, 6.07) is 9.70. The Kier molecular flexibility index (Phi) is 10.3. The molecular formula is C26H28Cl3NO5. The minimum Gasteiger partial charge on any atom is -0.490 e. The van der Waals surface area contributed by atoms with E-state index in [4.69, 9.17) is 44.3 Å². The number of ketones is 1. The average Bonchev–Trinajstić information content (AvgIpc) is 2.84. The molecule has 0 atom stereocenters. The highest BCUT2D eigenvalue weighted by atomic mass is 35.5. The van der Waals surface area contributed by atoms with E-state index >= 15 is 0 Å². The van der Waals surface area contributed by atoms with Crippen molar-refractivity contribution < 1.29 is 23.9 Å². The molecule has 1 amide bonds. The van der Waals surface area contributed by atoms with Gasteiger partial charge in [-0.05, 0) is 75.4 Å². The van der Waals surface area contributed by atoms with E-state index in [-0.39, 0.29) is 36.1 Å². The zero-order valence-electron chi connectivity index (χ0n) is 19.5. The quantitative estimate of drug-likeness (QED) is 0.210. The van der Waals surface area contributed by atoms with Gasteiger partial charge >= 0.3 is 5.97 Å². The Morgan fingerprint density at radius 3 is 2.34 bits per heavy atom. The highest BCUT2D eigenvalue weighted by Gasteiger charge is 2.28. The Balaban J connectivity index is 1.43. The number of ether oxygens (including phenoxy) is 2. The van der Waals surface area contributed by atoms with Crippen LogP contribution in [0, 0.1) is 5.92 Å². The van der Waals surface area contributed by atoms with E-state index in [2.05, 4.69) is 5.32 Å². The lowest BCUT2D eigenvalue weighted by atomic mass is 9.87. The summed E-state index contributed by atoms with van der Waals surface area (Å²) in [5.74, 6) is 0.00473. The molecule has 0 spiro atoms. The number of hydrogen-bond donors (Lipinski definition) is 1. The van der Waals surface area contributed by atoms with Gasteiger partial charge in [-0.2, -0.15) is 0 Å². The molecule has 1 fully saturated rings. The van der Waals surface area contributed by atoms with Crippen LogP contribution >= 0.6 is 34.8 Å². The van der Waals surface area contributed by atoms with Crippen molar-refractivity contribution in [1.82, 2.24) is 5.32 Å². The number of Topliss-reactive ketones (excluding diaryl/α,β-unsaturated/α-hetero) is 1. The molecule has 3 rings (SSSR count). The van der Waals surface area contributed by atoms with Gasteiger partial charge in [0, 0.05) is 24.1 Å². The summed E-state index contributed by atoms with van der Waals surface area (Å²) >= 11 is 18.2. The standard InChI is InChI=1S/C26H28Cl3NO5/c1-2-34-26(33)16-5-8-18(9-6-16)35-19-10-11-20(22(28)15-19)24(31)4-3-13-30-25(32)17-7-12-21(27)23(29)14-17/h7,10-12,14-16,18H,2-6,8-9,13H2,1H3,(H,30,32). The fourth-order valence-corrected chi connectivity index (χ4v) is 4.56. The average molecular weight is 541 g/mol. The molecule has 0 heterocycles. The molecule has 0 radical (unpaired) electrons. The van der Waals surface area contributed by atoms with Crippen LogP contribution in [0.1, 0.15) is 66.2 Å². The van der Waals surface area contributed by atoms with Crippen LogP contribution < -0.4 is 10.1 Å². The Morgan fingerprint density at radius 2 is 1.69 bits per heavy atom. The number of benzene rings is 2. The van der Waals surface area contributed by atoms with Crippen molar-refractivity contribution in [1.29, 1.82) is 0 Å². The van der Waals surface area contributed by atoms with E-state index in [0.29, 0.717) is 51.5 Å². The summed E-state index contributed by atoms with van der Waals surface area (Å²) in [6.07, 6.45) is 3.68. The number of carbonyl (C=O) groups is 3. The second kappa shape index (κ2) is 13.1. The molecule has 35 heavy (non-hydrogen) atoms. The molecule has 0 saturated heterocycles. The van der Waals surface area contributed by atoms with Crippen molar-refractivity contribution in [3.8, 4) is 5.75 Å². The van der Waals surface area contributed by atoms with E-state index in [1.165, 1.54) is 6.07 Å². The van der Waals surface area contributed by atoms with Crippen LogP contribution in [0.15, 0.2) is 36.4 Å². The second-order valence-corrected chi connectivity index (χ2v) is 9.62. The number of rotatable bonds is 10. The molecule has 0 bridgehead atoms. The van der Waals surface area contributed by atoms with Crippen molar-refractivity contribution in [2.24, 2.45) is 5.92 Å². The van der Waals surface area contributed by atoms with Gasteiger partial charge in [0.2, 0.25) is 0 Å². The van der Waals surface area contributed by atoms with Crippen LogP contribution in [-0.2, 0) is 9.53 Å².